The number of fused-ring (bicyclic) bond motifs is 1. The number of hydrogen-bond acceptors (Lipinski definition) is 4. The molecule has 5 nitrogen and oxygen atoms in total. The number of nitrogens with zero attached hydrogens (tertiary/aromatic N) is 2. The fraction of sp³-hybridized carbons (Fsp3) is 0.417. The van der Waals surface area contributed by atoms with Crippen molar-refractivity contribution in [2.24, 2.45) is 0 Å². The first-order chi connectivity index (χ1) is 8.63. The lowest BCUT2D eigenvalue weighted by molar-refractivity contribution is -0.121. The molecule has 0 aliphatic carbocycles. The Labute approximate surface area is 109 Å². The standard InChI is InChI=1S/C12H15N3O2S/c1-3-4-13-10(16)5-9-7-18-12-14-6-8(2)11(17)15(9)12/h3,6,9H,1,4-5,7H2,2H3,(H,13,16). The van der Waals surface area contributed by atoms with Crippen molar-refractivity contribution < 1.29 is 4.79 Å². The van der Waals surface area contributed by atoms with Crippen LogP contribution >= 0.6 is 11.8 Å². The number of amides is 1. The number of aryl methyl sites for hydroxylation is 1. The maximum absolute atomic E-state index is 12.0. The van der Waals surface area contributed by atoms with E-state index in [1.165, 1.54) is 11.8 Å². The molecule has 0 aromatic carbocycles. The molecular weight excluding hydrogens is 250 g/mol. The highest BCUT2D eigenvalue weighted by atomic mass is 32.2. The molecule has 1 unspecified atom stereocenters. The zero-order valence-corrected chi connectivity index (χ0v) is 11.0. The van der Waals surface area contributed by atoms with Crippen LogP contribution in [0, 0.1) is 6.92 Å². The third-order valence-electron chi connectivity index (χ3n) is 2.77. The fourth-order valence-electron chi connectivity index (χ4n) is 1.84. The van der Waals surface area contributed by atoms with Crippen molar-refractivity contribution in [1.82, 2.24) is 14.9 Å². The van der Waals surface area contributed by atoms with Gasteiger partial charge in [-0.25, -0.2) is 4.98 Å². The first kappa shape index (κ1) is 12.9. The highest BCUT2D eigenvalue weighted by Crippen LogP contribution is 2.31. The largest absolute Gasteiger partial charge is 0.353 e. The van der Waals surface area contributed by atoms with Gasteiger partial charge in [0.25, 0.3) is 5.56 Å². The predicted molar refractivity (Wildman–Crippen MR) is 70.8 cm³/mol. The Morgan fingerprint density at radius 1 is 1.78 bits per heavy atom. The molecule has 1 amide bonds. The molecular formula is C12H15N3O2S. The van der Waals surface area contributed by atoms with Gasteiger partial charge < -0.3 is 5.32 Å². The smallest absolute Gasteiger partial charge is 0.257 e. The average molecular weight is 265 g/mol. The molecule has 1 atom stereocenters. The van der Waals surface area contributed by atoms with Crippen LogP contribution in [0.15, 0.2) is 28.8 Å². The van der Waals surface area contributed by atoms with E-state index in [2.05, 4.69) is 16.9 Å². The van der Waals surface area contributed by atoms with Crippen LogP contribution in [0.25, 0.3) is 0 Å². The molecule has 0 saturated carbocycles. The van der Waals surface area contributed by atoms with E-state index in [9.17, 15) is 9.59 Å². The lowest BCUT2D eigenvalue weighted by Gasteiger charge is -2.13. The van der Waals surface area contributed by atoms with Gasteiger partial charge in [0.15, 0.2) is 5.16 Å². The van der Waals surface area contributed by atoms with Crippen molar-refractivity contribution in [3.05, 3.63) is 34.8 Å². The third kappa shape index (κ3) is 2.48. The SMILES string of the molecule is C=CCNC(=O)CC1CSc2ncc(C)c(=O)n21. The number of nitrogens with one attached hydrogen (secondary N) is 1. The Kier molecular flexibility index (Phi) is 3.86. The second kappa shape index (κ2) is 5.39. The van der Waals surface area contributed by atoms with Gasteiger partial charge in [-0.05, 0) is 6.92 Å². The van der Waals surface area contributed by atoms with E-state index >= 15 is 0 Å². The summed E-state index contributed by atoms with van der Waals surface area (Å²) >= 11 is 1.52. The first-order valence-electron chi connectivity index (χ1n) is 5.72. The molecule has 2 heterocycles. The van der Waals surface area contributed by atoms with E-state index in [4.69, 9.17) is 0 Å². The van der Waals surface area contributed by atoms with Crippen LogP contribution in [0.5, 0.6) is 0 Å². The maximum atomic E-state index is 12.0. The van der Waals surface area contributed by atoms with Crippen LogP contribution in [0.2, 0.25) is 0 Å². The van der Waals surface area contributed by atoms with Crippen molar-refractivity contribution in [2.75, 3.05) is 12.3 Å². The van der Waals surface area contributed by atoms with Gasteiger partial charge in [0, 0.05) is 30.5 Å². The topological polar surface area (TPSA) is 64.0 Å². The van der Waals surface area contributed by atoms with E-state index < -0.39 is 0 Å². The molecule has 0 saturated heterocycles. The van der Waals surface area contributed by atoms with Gasteiger partial charge in [-0.15, -0.1) is 6.58 Å². The summed E-state index contributed by atoms with van der Waals surface area (Å²) < 4.78 is 1.63. The van der Waals surface area contributed by atoms with Crippen LogP contribution in [0.4, 0.5) is 0 Å². The Morgan fingerprint density at radius 2 is 2.56 bits per heavy atom. The molecule has 18 heavy (non-hydrogen) atoms. The second-order valence-corrected chi connectivity index (χ2v) is 5.15. The Balaban J connectivity index is 2.16. The number of rotatable bonds is 4. The first-order valence-corrected chi connectivity index (χ1v) is 6.70. The quantitative estimate of drug-likeness (QED) is 0.648. The number of aromatic nitrogens is 2. The number of carbonyl (C=O) groups is 1. The van der Waals surface area contributed by atoms with Gasteiger partial charge in [0.2, 0.25) is 5.91 Å². The van der Waals surface area contributed by atoms with Crippen molar-refractivity contribution in [1.29, 1.82) is 0 Å². The molecule has 2 rings (SSSR count). The van der Waals surface area contributed by atoms with E-state index in [0.717, 1.165) is 0 Å². The molecule has 0 radical (unpaired) electrons. The molecule has 0 fully saturated rings. The highest BCUT2D eigenvalue weighted by Gasteiger charge is 2.27. The summed E-state index contributed by atoms with van der Waals surface area (Å²) in [7, 11) is 0. The summed E-state index contributed by atoms with van der Waals surface area (Å²) in [5.41, 5.74) is 0.560. The Bertz CT molecular complexity index is 539. The van der Waals surface area contributed by atoms with Crippen molar-refractivity contribution in [3.8, 4) is 0 Å². The minimum atomic E-state index is -0.102. The van der Waals surface area contributed by atoms with E-state index in [1.807, 2.05) is 0 Å². The molecule has 1 aromatic rings. The molecule has 0 bridgehead atoms. The molecule has 1 aliphatic heterocycles. The van der Waals surface area contributed by atoms with Gasteiger partial charge in [-0.3, -0.25) is 14.2 Å². The van der Waals surface area contributed by atoms with Crippen LogP contribution < -0.4 is 10.9 Å². The molecule has 96 valence electrons. The van der Waals surface area contributed by atoms with Gasteiger partial charge >= 0.3 is 0 Å². The molecule has 6 heteroatoms. The van der Waals surface area contributed by atoms with Crippen molar-refractivity contribution in [3.63, 3.8) is 0 Å². The van der Waals surface area contributed by atoms with Gasteiger partial charge in [-0.1, -0.05) is 17.8 Å². The van der Waals surface area contributed by atoms with E-state index in [0.29, 0.717) is 29.4 Å². The van der Waals surface area contributed by atoms with Gasteiger partial charge in [0.1, 0.15) is 0 Å². The summed E-state index contributed by atoms with van der Waals surface area (Å²) in [4.78, 5) is 27.9. The molecule has 1 aliphatic rings. The summed E-state index contributed by atoms with van der Waals surface area (Å²) in [5.74, 6) is 0.648. The van der Waals surface area contributed by atoms with Crippen LogP contribution in [0.1, 0.15) is 18.0 Å². The summed E-state index contributed by atoms with van der Waals surface area (Å²) in [5, 5.41) is 3.42. The minimum absolute atomic E-state index is 0.0495. The van der Waals surface area contributed by atoms with E-state index in [-0.39, 0.29) is 17.5 Å². The second-order valence-electron chi connectivity index (χ2n) is 4.16. The Hall–Kier alpha value is -1.56. The molecule has 0 spiro atoms. The number of carbonyl (C=O) groups excluding carboxylic acids is 1. The Morgan fingerprint density at radius 3 is 3.28 bits per heavy atom. The molecule has 1 N–H and O–H groups in total. The molecule has 1 aromatic heterocycles. The monoisotopic (exact) mass is 265 g/mol. The van der Waals surface area contributed by atoms with E-state index in [1.54, 1.807) is 23.8 Å². The zero-order valence-electron chi connectivity index (χ0n) is 10.2. The van der Waals surface area contributed by atoms with Crippen LogP contribution in [-0.2, 0) is 4.79 Å². The van der Waals surface area contributed by atoms with Gasteiger partial charge in [0.05, 0.1) is 6.04 Å². The van der Waals surface area contributed by atoms with Crippen molar-refractivity contribution in [2.45, 2.75) is 24.5 Å². The normalized spacial score (nSPS) is 17.3. The summed E-state index contributed by atoms with van der Waals surface area (Å²) in [6.45, 7) is 5.73. The third-order valence-corrected chi connectivity index (χ3v) is 3.88. The summed E-state index contributed by atoms with van der Waals surface area (Å²) in [6.07, 6.45) is 3.52. The number of hydrogen-bond donors (Lipinski definition) is 1. The predicted octanol–water partition coefficient (Wildman–Crippen LogP) is 0.891. The van der Waals surface area contributed by atoms with Crippen LogP contribution in [-0.4, -0.2) is 27.8 Å². The fourth-order valence-corrected chi connectivity index (χ4v) is 2.95. The van der Waals surface area contributed by atoms with Crippen LogP contribution in [0.3, 0.4) is 0 Å². The van der Waals surface area contributed by atoms with Gasteiger partial charge in [-0.2, -0.15) is 0 Å². The zero-order chi connectivity index (χ0) is 13.1. The lowest BCUT2D eigenvalue weighted by Crippen LogP contribution is -2.31. The maximum Gasteiger partial charge on any atom is 0.257 e. The minimum Gasteiger partial charge on any atom is -0.353 e. The summed E-state index contributed by atoms with van der Waals surface area (Å²) in [6, 6.07) is -0.102. The highest BCUT2D eigenvalue weighted by molar-refractivity contribution is 7.99. The van der Waals surface area contributed by atoms with Crippen molar-refractivity contribution >= 4 is 17.7 Å². The lowest BCUT2D eigenvalue weighted by atomic mass is 10.2. The average Bonchev–Trinajstić information content (AvgIpc) is 2.75. The number of thioether (sulfide) groups is 1.